The van der Waals surface area contributed by atoms with Gasteiger partial charge in [0.25, 0.3) is 5.69 Å². The van der Waals surface area contributed by atoms with E-state index in [0.29, 0.717) is 16.4 Å². The van der Waals surface area contributed by atoms with Crippen molar-refractivity contribution in [3.8, 4) is 6.07 Å². The van der Waals surface area contributed by atoms with E-state index >= 15 is 0 Å². The average Bonchev–Trinajstić information content (AvgIpc) is 2.42. The van der Waals surface area contributed by atoms with Crippen LogP contribution in [0.1, 0.15) is 5.56 Å². The summed E-state index contributed by atoms with van der Waals surface area (Å²) in [5, 5.41) is 23.2. The molecule has 0 aromatic heterocycles. The molecule has 2 aromatic carbocycles. The van der Waals surface area contributed by atoms with Crippen LogP contribution in [0.25, 0.3) is 0 Å². The third-order valence-corrected chi connectivity index (χ3v) is 3.34. The highest BCUT2D eigenvalue weighted by Crippen LogP contribution is 2.30. The molecule has 0 saturated heterocycles. The molecule has 2 aromatic rings. The zero-order valence-electron chi connectivity index (χ0n) is 9.93. The van der Waals surface area contributed by atoms with Gasteiger partial charge < -0.3 is 5.32 Å². The summed E-state index contributed by atoms with van der Waals surface area (Å²) in [6.45, 7) is 0. The van der Waals surface area contributed by atoms with Crippen molar-refractivity contribution in [2.24, 2.45) is 0 Å². The van der Waals surface area contributed by atoms with Crippen molar-refractivity contribution in [2.45, 2.75) is 0 Å². The van der Waals surface area contributed by atoms with Crippen LogP contribution in [0.2, 0.25) is 5.02 Å². The Morgan fingerprint density at radius 1 is 1.25 bits per heavy atom. The second-order valence-electron chi connectivity index (χ2n) is 3.85. The van der Waals surface area contributed by atoms with Crippen molar-refractivity contribution >= 4 is 44.6 Å². The molecule has 1 N–H and O–H groups in total. The van der Waals surface area contributed by atoms with Gasteiger partial charge in [0, 0.05) is 16.6 Å². The number of anilines is 2. The number of nitriles is 1. The number of nitrogens with zero attached hydrogens (tertiary/aromatic N) is 2. The molecule has 7 heteroatoms. The first kappa shape index (κ1) is 14.3. The fourth-order valence-corrected chi connectivity index (χ4v) is 2.30. The average molecular weight is 353 g/mol. The van der Waals surface area contributed by atoms with Crippen LogP contribution in [0.3, 0.4) is 0 Å². The Balaban J connectivity index is 2.39. The molecule has 0 heterocycles. The first-order valence-electron chi connectivity index (χ1n) is 5.42. The van der Waals surface area contributed by atoms with Gasteiger partial charge in [0.2, 0.25) is 0 Å². The molecule has 0 bridgehead atoms. The van der Waals surface area contributed by atoms with Crippen LogP contribution in [0.4, 0.5) is 17.1 Å². The lowest BCUT2D eigenvalue weighted by atomic mass is 10.1. The van der Waals surface area contributed by atoms with E-state index in [1.165, 1.54) is 18.2 Å². The summed E-state index contributed by atoms with van der Waals surface area (Å²) >= 11 is 9.37. The van der Waals surface area contributed by atoms with E-state index in [0.717, 1.165) is 4.47 Å². The molecule has 0 aliphatic heterocycles. The lowest BCUT2D eigenvalue weighted by molar-refractivity contribution is -0.384. The molecule has 20 heavy (non-hydrogen) atoms. The van der Waals surface area contributed by atoms with Crippen molar-refractivity contribution in [2.75, 3.05) is 5.32 Å². The maximum Gasteiger partial charge on any atom is 0.270 e. The third-order valence-electron chi connectivity index (χ3n) is 2.53. The smallest absolute Gasteiger partial charge is 0.270 e. The van der Waals surface area contributed by atoms with Crippen LogP contribution >= 0.6 is 27.5 Å². The predicted molar refractivity (Wildman–Crippen MR) is 80.2 cm³/mol. The number of non-ortho nitro benzene ring substituents is 1. The van der Waals surface area contributed by atoms with Crippen molar-refractivity contribution in [1.82, 2.24) is 0 Å². The van der Waals surface area contributed by atoms with Crippen molar-refractivity contribution in [3.05, 3.63) is 61.6 Å². The second-order valence-corrected chi connectivity index (χ2v) is 5.17. The van der Waals surface area contributed by atoms with E-state index in [4.69, 9.17) is 16.9 Å². The first-order valence-corrected chi connectivity index (χ1v) is 6.59. The molecule has 0 saturated carbocycles. The van der Waals surface area contributed by atoms with Gasteiger partial charge in [-0.1, -0.05) is 27.5 Å². The van der Waals surface area contributed by atoms with Gasteiger partial charge in [0.1, 0.15) is 6.07 Å². The molecule has 0 aliphatic carbocycles. The van der Waals surface area contributed by atoms with Crippen LogP contribution < -0.4 is 5.32 Å². The van der Waals surface area contributed by atoms with Crippen LogP contribution in [0, 0.1) is 21.4 Å². The fraction of sp³-hybridized carbons (Fsp3) is 0. The molecule has 0 fully saturated rings. The zero-order chi connectivity index (χ0) is 14.7. The number of nitro benzene ring substituents is 1. The van der Waals surface area contributed by atoms with E-state index in [2.05, 4.69) is 21.2 Å². The normalized spacial score (nSPS) is 9.85. The highest BCUT2D eigenvalue weighted by atomic mass is 79.9. The molecule has 0 amide bonds. The van der Waals surface area contributed by atoms with Gasteiger partial charge in [-0.25, -0.2) is 0 Å². The van der Waals surface area contributed by atoms with Gasteiger partial charge >= 0.3 is 0 Å². The van der Waals surface area contributed by atoms with E-state index < -0.39 is 4.92 Å². The molecule has 0 unspecified atom stereocenters. The maximum absolute atomic E-state index is 10.7. The lowest BCUT2D eigenvalue weighted by Gasteiger charge is -2.10. The third kappa shape index (κ3) is 3.07. The minimum absolute atomic E-state index is 0.131. The van der Waals surface area contributed by atoms with Crippen LogP contribution in [-0.2, 0) is 0 Å². The summed E-state index contributed by atoms with van der Waals surface area (Å²) in [5.74, 6) is 0. The SMILES string of the molecule is N#Cc1cc([N+](=O)[O-])ccc1Nc1ccc(Br)cc1Cl. The quantitative estimate of drug-likeness (QED) is 0.645. The summed E-state index contributed by atoms with van der Waals surface area (Å²) in [7, 11) is 0. The summed E-state index contributed by atoms with van der Waals surface area (Å²) in [6, 6.07) is 11.2. The number of nitro groups is 1. The minimum Gasteiger partial charge on any atom is -0.353 e. The molecule has 0 radical (unpaired) electrons. The Labute approximate surface area is 128 Å². The van der Waals surface area contributed by atoms with Crippen molar-refractivity contribution in [1.29, 1.82) is 5.26 Å². The number of hydrogen-bond donors (Lipinski definition) is 1. The molecule has 100 valence electrons. The van der Waals surface area contributed by atoms with Crippen LogP contribution in [0.5, 0.6) is 0 Å². The number of rotatable bonds is 3. The Hall–Kier alpha value is -2.10. The molecular formula is C13H7BrClN3O2. The Morgan fingerprint density at radius 3 is 2.55 bits per heavy atom. The number of hydrogen-bond acceptors (Lipinski definition) is 4. The summed E-state index contributed by atoms with van der Waals surface area (Å²) in [6.07, 6.45) is 0. The van der Waals surface area contributed by atoms with Gasteiger partial charge in [-0.3, -0.25) is 10.1 Å². The molecular weight excluding hydrogens is 346 g/mol. The summed E-state index contributed by atoms with van der Waals surface area (Å²) in [4.78, 5) is 10.1. The van der Waals surface area contributed by atoms with Gasteiger partial charge in [-0.15, -0.1) is 0 Å². The number of benzene rings is 2. The van der Waals surface area contributed by atoms with Gasteiger partial charge in [-0.2, -0.15) is 5.26 Å². The van der Waals surface area contributed by atoms with E-state index in [1.807, 2.05) is 6.07 Å². The topological polar surface area (TPSA) is 79.0 Å². The first-order chi connectivity index (χ1) is 9.51. The Bertz CT molecular complexity index is 728. The Morgan fingerprint density at radius 2 is 1.95 bits per heavy atom. The van der Waals surface area contributed by atoms with Crippen molar-refractivity contribution in [3.63, 3.8) is 0 Å². The molecule has 0 aliphatic rings. The molecule has 2 rings (SSSR count). The van der Waals surface area contributed by atoms with Gasteiger partial charge in [-0.05, 0) is 24.3 Å². The molecule has 5 nitrogen and oxygen atoms in total. The van der Waals surface area contributed by atoms with Crippen LogP contribution in [-0.4, -0.2) is 4.92 Å². The fourth-order valence-electron chi connectivity index (χ4n) is 1.58. The molecule has 0 atom stereocenters. The second kappa shape index (κ2) is 5.90. The maximum atomic E-state index is 10.7. The molecule has 0 spiro atoms. The number of nitrogens with one attached hydrogen (secondary N) is 1. The largest absolute Gasteiger partial charge is 0.353 e. The minimum atomic E-state index is -0.544. The van der Waals surface area contributed by atoms with E-state index in [1.54, 1.807) is 18.2 Å². The Kier molecular flexibility index (Phi) is 4.23. The van der Waals surface area contributed by atoms with Crippen LogP contribution in [0.15, 0.2) is 40.9 Å². The monoisotopic (exact) mass is 351 g/mol. The van der Waals surface area contributed by atoms with Gasteiger partial charge in [0.05, 0.1) is 26.9 Å². The van der Waals surface area contributed by atoms with Crippen molar-refractivity contribution < 1.29 is 4.92 Å². The number of halogens is 2. The highest BCUT2D eigenvalue weighted by Gasteiger charge is 2.11. The lowest BCUT2D eigenvalue weighted by Crippen LogP contribution is -1.96. The van der Waals surface area contributed by atoms with Gasteiger partial charge in [0.15, 0.2) is 0 Å². The summed E-state index contributed by atoms with van der Waals surface area (Å²) < 4.78 is 0.831. The predicted octanol–water partition coefficient (Wildman–Crippen LogP) is 4.63. The highest BCUT2D eigenvalue weighted by molar-refractivity contribution is 9.10. The summed E-state index contributed by atoms with van der Waals surface area (Å²) in [5.41, 5.74) is 1.12. The standard InChI is InChI=1S/C13H7BrClN3O2/c14-9-1-3-13(11(15)6-9)17-12-4-2-10(18(19)20)5-8(12)7-16/h1-6,17H. The zero-order valence-corrected chi connectivity index (χ0v) is 12.3. The van der Waals surface area contributed by atoms with E-state index in [9.17, 15) is 10.1 Å². The van der Waals surface area contributed by atoms with E-state index in [-0.39, 0.29) is 11.3 Å².